The maximum absolute atomic E-state index is 9.41. The molecule has 0 aliphatic heterocycles. The van der Waals surface area contributed by atoms with Crippen molar-refractivity contribution in [3.8, 4) is 11.5 Å². The van der Waals surface area contributed by atoms with Crippen LogP contribution in [-0.2, 0) is 19.2 Å². The molecule has 0 aliphatic carbocycles. The van der Waals surface area contributed by atoms with E-state index in [4.69, 9.17) is 20.4 Å². The van der Waals surface area contributed by atoms with Crippen LogP contribution in [0.5, 0.6) is 11.5 Å². The molecule has 0 aliphatic rings. The van der Waals surface area contributed by atoms with E-state index in [0.717, 1.165) is 24.0 Å². The molecule has 0 radical (unpaired) electrons. The van der Waals surface area contributed by atoms with Crippen LogP contribution in [-0.4, -0.2) is 54.5 Å². The Morgan fingerprint density at radius 2 is 0.600 bits per heavy atom. The van der Waals surface area contributed by atoms with Gasteiger partial charge in [0.05, 0.1) is 0 Å². The van der Waals surface area contributed by atoms with Gasteiger partial charge in [-0.25, -0.2) is 0 Å². The lowest BCUT2D eigenvalue weighted by molar-refractivity contribution is -0.137. The Morgan fingerprint density at radius 1 is 0.425 bits per heavy atom. The minimum Gasteiger partial charge on any atom is -0.508 e. The average Bonchev–Trinajstić information content (AvgIpc) is 2.94. The van der Waals surface area contributed by atoms with Gasteiger partial charge in [0.15, 0.2) is 0 Å². The zero-order valence-corrected chi connectivity index (χ0v) is 24.2. The highest BCUT2D eigenvalue weighted by molar-refractivity contribution is 5.90. The summed E-state index contributed by atoms with van der Waals surface area (Å²) in [5.74, 6) is -2.41. The first-order valence-electron chi connectivity index (χ1n) is 12.9. The number of benzene rings is 2. The molecule has 10 nitrogen and oxygen atoms in total. The predicted octanol–water partition coefficient (Wildman–Crippen LogP) is 6.75. The highest BCUT2D eigenvalue weighted by atomic mass is 16.4. The van der Waals surface area contributed by atoms with Crippen LogP contribution in [0.1, 0.15) is 91.2 Å². The second kappa shape index (κ2) is 25.0. The van der Waals surface area contributed by atoms with Gasteiger partial charge in [-0.1, -0.05) is 65.8 Å². The first kappa shape index (κ1) is 40.2. The van der Waals surface area contributed by atoms with Crippen LogP contribution in [0.3, 0.4) is 0 Å². The van der Waals surface area contributed by atoms with Gasteiger partial charge >= 0.3 is 23.9 Å². The van der Waals surface area contributed by atoms with Crippen LogP contribution in [0.25, 0.3) is 11.1 Å². The molecule has 0 bridgehead atoms. The summed E-state index contributed by atoms with van der Waals surface area (Å²) in [6, 6.07) is 14.7. The lowest BCUT2D eigenvalue weighted by Crippen LogP contribution is -1.91. The molecule has 2 aromatic carbocycles. The molecule has 0 saturated carbocycles. The summed E-state index contributed by atoms with van der Waals surface area (Å²) in [5.41, 5.74) is 4.82. The number of phenolic OH excluding ortho intramolecular Hbond substituents is 2. The van der Waals surface area contributed by atoms with Gasteiger partial charge in [-0.15, -0.1) is 0 Å². The Labute approximate surface area is 236 Å². The van der Waals surface area contributed by atoms with Gasteiger partial charge in [0.2, 0.25) is 0 Å². The predicted molar refractivity (Wildman–Crippen MR) is 155 cm³/mol. The fraction of sp³-hybridized carbons (Fsp3) is 0.400. The van der Waals surface area contributed by atoms with Gasteiger partial charge in [0.25, 0.3) is 0 Å². The van der Waals surface area contributed by atoms with Crippen LogP contribution in [0.4, 0.5) is 0 Å². The third kappa shape index (κ3) is 22.8. The molecule has 0 aromatic heterocycles. The molecule has 6 N–H and O–H groups in total. The summed E-state index contributed by atoms with van der Waals surface area (Å²) in [6.07, 6.45) is 2.74. The summed E-state index contributed by atoms with van der Waals surface area (Å²) in [5, 5.41) is 49.7. The second-order valence-electron chi connectivity index (χ2n) is 7.75. The molecule has 10 heteroatoms. The van der Waals surface area contributed by atoms with Gasteiger partial charge in [-0.05, 0) is 59.4 Å². The fourth-order valence-corrected chi connectivity index (χ4v) is 2.51. The maximum Gasteiger partial charge on any atom is 0.303 e. The van der Waals surface area contributed by atoms with Crippen molar-refractivity contribution in [2.24, 2.45) is 0 Å². The number of hydrogen-bond donors (Lipinski definition) is 6. The number of rotatable bonds is 8. The molecular weight excluding hydrogens is 520 g/mol. The zero-order valence-electron chi connectivity index (χ0n) is 24.2. The minimum absolute atomic E-state index is 0.222. The number of hydrogen-bond acceptors (Lipinski definition) is 6. The molecule has 0 fully saturated rings. The summed E-state index contributed by atoms with van der Waals surface area (Å²) in [4.78, 5) is 37.5. The Bertz CT molecular complexity index is 912. The summed E-state index contributed by atoms with van der Waals surface area (Å²) in [6.45, 7) is 10.7. The normalized spacial score (nSPS) is 9.75. The van der Waals surface area contributed by atoms with Gasteiger partial charge < -0.3 is 30.6 Å². The van der Waals surface area contributed by atoms with Crippen molar-refractivity contribution in [2.45, 2.75) is 80.1 Å². The standard InChI is InChI=1S/C18H20O2.4C3H6O2/c1-3-17(13-5-9-15(19)10-6-13)18(4-2)14-7-11-16(20)12-8-14;4*1-2-3(4)5/h5-12,19-20H,3-4H2,1-2H3;4*2H2,1H3,(H,4,5)/b18-17+;;;;. The number of phenols is 2. The fourth-order valence-electron chi connectivity index (χ4n) is 2.51. The van der Waals surface area contributed by atoms with E-state index in [1.165, 1.54) is 11.1 Å². The minimum atomic E-state index is -0.745. The number of carboxylic acid groups (broad SMARTS) is 4. The molecule has 2 aromatic rings. The second-order valence-corrected chi connectivity index (χ2v) is 7.75. The number of aliphatic carboxylic acids is 4. The van der Waals surface area contributed by atoms with Gasteiger partial charge in [-0.3, -0.25) is 19.2 Å². The average molecular weight is 565 g/mol. The highest BCUT2D eigenvalue weighted by Gasteiger charge is 2.09. The molecular formula is C30H44O10. The summed E-state index contributed by atoms with van der Waals surface area (Å²) >= 11 is 0. The van der Waals surface area contributed by atoms with Crippen molar-refractivity contribution >= 4 is 35.0 Å². The van der Waals surface area contributed by atoms with Crippen LogP contribution in [0, 0.1) is 0 Å². The number of carbonyl (C=O) groups is 4. The Morgan fingerprint density at radius 3 is 0.725 bits per heavy atom. The molecule has 0 atom stereocenters. The van der Waals surface area contributed by atoms with Gasteiger partial charge in [0, 0.05) is 25.7 Å². The topological polar surface area (TPSA) is 190 Å². The van der Waals surface area contributed by atoms with E-state index in [2.05, 4.69) is 13.8 Å². The van der Waals surface area contributed by atoms with E-state index in [9.17, 15) is 29.4 Å². The van der Waals surface area contributed by atoms with E-state index in [1.54, 1.807) is 52.0 Å². The van der Waals surface area contributed by atoms with E-state index in [-0.39, 0.29) is 37.2 Å². The van der Waals surface area contributed by atoms with Gasteiger partial charge in [-0.2, -0.15) is 0 Å². The van der Waals surface area contributed by atoms with Crippen LogP contribution in [0.2, 0.25) is 0 Å². The Balaban J connectivity index is -0.000000558. The maximum atomic E-state index is 9.41. The molecule has 0 unspecified atom stereocenters. The van der Waals surface area contributed by atoms with Crippen molar-refractivity contribution in [2.75, 3.05) is 0 Å². The van der Waals surface area contributed by atoms with Crippen LogP contribution >= 0.6 is 0 Å². The van der Waals surface area contributed by atoms with Crippen molar-refractivity contribution in [3.05, 3.63) is 59.7 Å². The van der Waals surface area contributed by atoms with Crippen LogP contribution in [0.15, 0.2) is 48.5 Å². The SMILES string of the molecule is CC/C(=C(/CC)c1ccc(O)cc1)c1ccc(O)cc1.CCC(=O)O.CCC(=O)O.CCC(=O)O.CCC(=O)O. The quantitative estimate of drug-likeness (QED) is 0.187. The molecule has 0 heterocycles. The number of aromatic hydroxyl groups is 2. The first-order valence-corrected chi connectivity index (χ1v) is 12.9. The van der Waals surface area contributed by atoms with E-state index in [1.807, 2.05) is 24.3 Å². The molecule has 0 spiro atoms. The molecule has 224 valence electrons. The third-order valence-electron chi connectivity index (χ3n) is 4.71. The molecule has 2 rings (SSSR count). The Hall–Kier alpha value is -4.34. The van der Waals surface area contributed by atoms with Crippen molar-refractivity contribution in [1.29, 1.82) is 0 Å². The number of carboxylic acids is 4. The summed E-state index contributed by atoms with van der Waals surface area (Å²) in [7, 11) is 0. The Kier molecular flexibility index (Phi) is 25.1. The van der Waals surface area contributed by atoms with Crippen molar-refractivity contribution < 1.29 is 49.8 Å². The van der Waals surface area contributed by atoms with E-state index < -0.39 is 23.9 Å². The van der Waals surface area contributed by atoms with Crippen molar-refractivity contribution in [1.82, 2.24) is 0 Å². The highest BCUT2D eigenvalue weighted by Crippen LogP contribution is 2.32. The molecule has 0 saturated heterocycles. The van der Waals surface area contributed by atoms with Crippen LogP contribution < -0.4 is 0 Å². The van der Waals surface area contributed by atoms with E-state index in [0.29, 0.717) is 0 Å². The smallest absolute Gasteiger partial charge is 0.303 e. The lowest BCUT2D eigenvalue weighted by Gasteiger charge is -2.14. The van der Waals surface area contributed by atoms with E-state index >= 15 is 0 Å². The molecule has 0 amide bonds. The monoisotopic (exact) mass is 564 g/mol. The molecule has 40 heavy (non-hydrogen) atoms. The van der Waals surface area contributed by atoms with Gasteiger partial charge in [0.1, 0.15) is 11.5 Å². The lowest BCUT2D eigenvalue weighted by atomic mass is 9.91. The number of allylic oxidation sites excluding steroid dienone is 2. The van der Waals surface area contributed by atoms with Crippen molar-refractivity contribution in [3.63, 3.8) is 0 Å². The first-order chi connectivity index (χ1) is 18.7. The largest absolute Gasteiger partial charge is 0.508 e. The third-order valence-corrected chi connectivity index (χ3v) is 4.71. The zero-order chi connectivity index (χ0) is 31.7. The summed E-state index contributed by atoms with van der Waals surface area (Å²) < 4.78 is 0.